The van der Waals surface area contributed by atoms with E-state index in [0.717, 1.165) is 27.3 Å². The largest absolute Gasteiger partial charge is 0.497 e. The number of aromatic nitrogens is 2. The summed E-state index contributed by atoms with van der Waals surface area (Å²) in [6, 6.07) is 14.0. The zero-order valence-corrected chi connectivity index (χ0v) is 20.9. The van der Waals surface area contributed by atoms with Crippen LogP contribution >= 0.6 is 11.3 Å². The highest BCUT2D eigenvalue weighted by Crippen LogP contribution is 2.31. The molecule has 0 saturated heterocycles. The fraction of sp³-hybridized carbons (Fsp3) is 0.231. The van der Waals surface area contributed by atoms with Gasteiger partial charge >= 0.3 is 5.97 Å². The number of nitrogens with one attached hydrogen (secondary N) is 1. The van der Waals surface area contributed by atoms with E-state index >= 15 is 0 Å². The molecule has 0 aliphatic heterocycles. The van der Waals surface area contributed by atoms with Gasteiger partial charge in [-0.05, 0) is 43.7 Å². The van der Waals surface area contributed by atoms with Gasteiger partial charge in [-0.15, -0.1) is 11.3 Å². The summed E-state index contributed by atoms with van der Waals surface area (Å²) < 4.78 is 17.0. The second-order valence-corrected chi connectivity index (χ2v) is 8.52. The van der Waals surface area contributed by atoms with Crippen molar-refractivity contribution in [3.63, 3.8) is 0 Å². The lowest BCUT2D eigenvalue weighted by molar-refractivity contribution is -0.115. The zero-order valence-electron chi connectivity index (χ0n) is 20.1. The molecule has 0 radical (unpaired) electrons. The van der Waals surface area contributed by atoms with Crippen molar-refractivity contribution in [2.75, 3.05) is 25.6 Å². The molecule has 0 fully saturated rings. The average Bonchev–Trinajstić information content (AvgIpc) is 3.29. The number of rotatable bonds is 9. The number of nitrogens with zero attached hydrogens (tertiary/aromatic N) is 2. The van der Waals surface area contributed by atoms with Crippen LogP contribution in [0.4, 0.5) is 5.00 Å². The van der Waals surface area contributed by atoms with Crippen LogP contribution in [0.25, 0.3) is 16.5 Å². The summed E-state index contributed by atoms with van der Waals surface area (Å²) in [5.41, 5.74) is 0.700. The Morgan fingerprint density at radius 2 is 1.83 bits per heavy atom. The molecule has 2 aromatic carbocycles. The first-order valence-corrected chi connectivity index (χ1v) is 12.2. The van der Waals surface area contributed by atoms with E-state index in [1.54, 1.807) is 48.7 Å². The Labute approximate surface area is 211 Å². The first kappa shape index (κ1) is 24.9. The molecule has 0 unspecified atom stereocenters. The smallest absolute Gasteiger partial charge is 0.359 e. The van der Waals surface area contributed by atoms with E-state index in [9.17, 15) is 14.4 Å². The molecule has 2 heterocycles. The van der Waals surface area contributed by atoms with Gasteiger partial charge in [0.2, 0.25) is 5.91 Å². The maximum Gasteiger partial charge on any atom is 0.359 e. The number of carbonyl (C=O) groups is 2. The van der Waals surface area contributed by atoms with E-state index in [2.05, 4.69) is 10.4 Å². The minimum absolute atomic E-state index is 0.0162. The minimum Gasteiger partial charge on any atom is -0.497 e. The van der Waals surface area contributed by atoms with Crippen LogP contribution in [0.15, 0.2) is 58.7 Å². The molecule has 0 spiro atoms. The van der Waals surface area contributed by atoms with E-state index in [4.69, 9.17) is 14.2 Å². The van der Waals surface area contributed by atoms with Crippen LogP contribution in [0.2, 0.25) is 0 Å². The maximum atomic E-state index is 13.5. The number of carbonyl (C=O) groups excluding carboxylic acids is 2. The van der Waals surface area contributed by atoms with Gasteiger partial charge in [0.05, 0.1) is 37.8 Å². The predicted octanol–water partition coefficient (Wildman–Crippen LogP) is 4.21. The van der Waals surface area contributed by atoms with Gasteiger partial charge in [-0.25, -0.2) is 4.79 Å². The molecule has 10 heteroatoms. The summed E-state index contributed by atoms with van der Waals surface area (Å²) >= 11 is 1.15. The molecule has 4 rings (SSSR count). The third kappa shape index (κ3) is 5.23. The topological polar surface area (TPSA) is 109 Å². The quantitative estimate of drug-likeness (QED) is 0.338. The fourth-order valence-electron chi connectivity index (χ4n) is 3.64. The molecule has 9 nitrogen and oxygen atoms in total. The Morgan fingerprint density at radius 3 is 2.53 bits per heavy atom. The molecule has 36 heavy (non-hydrogen) atoms. The van der Waals surface area contributed by atoms with Crippen LogP contribution in [-0.2, 0) is 16.0 Å². The summed E-state index contributed by atoms with van der Waals surface area (Å²) in [5.74, 6) is 0.283. The van der Waals surface area contributed by atoms with E-state index in [0.29, 0.717) is 28.4 Å². The second kappa shape index (κ2) is 11.0. The van der Waals surface area contributed by atoms with Crippen LogP contribution in [0.5, 0.6) is 11.5 Å². The number of benzene rings is 2. The molecule has 1 amide bonds. The standard InChI is InChI=1S/C26H25N3O6S/c1-4-34-18-11-9-16(10-12-18)13-21(30)27-24-22-20(15-36-24)23(26(32)35-5-2)28-29(25(22)31)17-7-6-8-19(14-17)33-3/h6-12,14-15H,4-5,13H2,1-3H3,(H,27,30). The molecule has 186 valence electrons. The van der Waals surface area contributed by atoms with E-state index in [-0.39, 0.29) is 30.0 Å². The summed E-state index contributed by atoms with van der Waals surface area (Å²) in [7, 11) is 1.51. The lowest BCUT2D eigenvalue weighted by Gasteiger charge is -2.11. The molecule has 1 N–H and O–H groups in total. The number of hydrogen-bond donors (Lipinski definition) is 1. The normalized spacial score (nSPS) is 10.8. The molecule has 0 atom stereocenters. The number of hydrogen-bond acceptors (Lipinski definition) is 8. The Morgan fingerprint density at radius 1 is 1.06 bits per heavy atom. The summed E-state index contributed by atoms with van der Waals surface area (Å²) in [6.07, 6.45) is 0.103. The number of ether oxygens (including phenoxy) is 3. The van der Waals surface area contributed by atoms with Gasteiger partial charge in [-0.2, -0.15) is 9.78 Å². The molecule has 2 aromatic heterocycles. The monoisotopic (exact) mass is 507 g/mol. The third-order valence-corrected chi connectivity index (χ3v) is 6.17. The molecule has 0 bridgehead atoms. The molecular weight excluding hydrogens is 482 g/mol. The van der Waals surface area contributed by atoms with Crippen LogP contribution in [0, 0.1) is 0 Å². The molecule has 0 aliphatic carbocycles. The predicted molar refractivity (Wildman–Crippen MR) is 138 cm³/mol. The maximum absolute atomic E-state index is 13.5. The highest BCUT2D eigenvalue weighted by atomic mass is 32.1. The fourth-order valence-corrected chi connectivity index (χ4v) is 4.59. The lowest BCUT2D eigenvalue weighted by Crippen LogP contribution is -2.25. The first-order chi connectivity index (χ1) is 17.4. The third-order valence-electron chi connectivity index (χ3n) is 5.27. The van der Waals surface area contributed by atoms with Gasteiger partial charge in [0.25, 0.3) is 5.56 Å². The SMILES string of the molecule is CCOC(=O)c1nn(-c2cccc(OC)c2)c(=O)c2c(NC(=O)Cc3ccc(OCC)cc3)scc12. The van der Waals surface area contributed by atoms with Gasteiger partial charge < -0.3 is 19.5 Å². The Hall–Kier alpha value is -4.18. The number of esters is 1. The van der Waals surface area contributed by atoms with Crippen LogP contribution in [0.1, 0.15) is 29.9 Å². The Kier molecular flexibility index (Phi) is 7.65. The molecule has 4 aromatic rings. The first-order valence-electron chi connectivity index (χ1n) is 11.3. The van der Waals surface area contributed by atoms with Crippen LogP contribution < -0.4 is 20.3 Å². The Balaban J connectivity index is 1.73. The van der Waals surface area contributed by atoms with Crippen molar-refractivity contribution >= 4 is 39.0 Å². The number of methoxy groups -OCH3 is 1. The van der Waals surface area contributed by atoms with Gasteiger partial charge in [0.15, 0.2) is 5.69 Å². The summed E-state index contributed by atoms with van der Waals surface area (Å²) in [6.45, 7) is 4.29. The highest BCUT2D eigenvalue weighted by Gasteiger charge is 2.23. The van der Waals surface area contributed by atoms with Gasteiger partial charge in [-0.1, -0.05) is 18.2 Å². The van der Waals surface area contributed by atoms with Gasteiger partial charge in [0, 0.05) is 16.8 Å². The molecule has 0 saturated carbocycles. The van der Waals surface area contributed by atoms with Crippen molar-refractivity contribution in [3.05, 3.63) is 75.5 Å². The van der Waals surface area contributed by atoms with Crippen molar-refractivity contribution in [2.45, 2.75) is 20.3 Å². The minimum atomic E-state index is -0.663. The summed E-state index contributed by atoms with van der Waals surface area (Å²) in [5, 5.41) is 9.58. The molecular formula is C26H25N3O6S. The number of amides is 1. The van der Waals surface area contributed by atoms with Gasteiger partial charge in [0.1, 0.15) is 16.5 Å². The molecule has 0 aliphatic rings. The van der Waals surface area contributed by atoms with Crippen molar-refractivity contribution in [3.8, 4) is 17.2 Å². The number of anilines is 1. The van der Waals surface area contributed by atoms with Crippen molar-refractivity contribution in [2.24, 2.45) is 0 Å². The van der Waals surface area contributed by atoms with E-state index in [1.807, 2.05) is 19.1 Å². The lowest BCUT2D eigenvalue weighted by atomic mass is 10.1. The second-order valence-electron chi connectivity index (χ2n) is 7.64. The Bertz CT molecular complexity index is 1460. The van der Waals surface area contributed by atoms with Crippen LogP contribution in [-0.4, -0.2) is 42.0 Å². The average molecular weight is 508 g/mol. The highest BCUT2D eigenvalue weighted by molar-refractivity contribution is 7.16. The number of thiophene rings is 1. The summed E-state index contributed by atoms with van der Waals surface area (Å²) in [4.78, 5) is 39.1. The van der Waals surface area contributed by atoms with Crippen molar-refractivity contribution < 1.29 is 23.8 Å². The van der Waals surface area contributed by atoms with E-state index in [1.165, 1.54) is 7.11 Å². The van der Waals surface area contributed by atoms with Crippen molar-refractivity contribution in [1.82, 2.24) is 9.78 Å². The zero-order chi connectivity index (χ0) is 25.7. The van der Waals surface area contributed by atoms with Crippen LogP contribution in [0.3, 0.4) is 0 Å². The number of fused-ring (bicyclic) bond motifs is 1. The van der Waals surface area contributed by atoms with E-state index < -0.39 is 11.5 Å². The van der Waals surface area contributed by atoms with Crippen molar-refractivity contribution in [1.29, 1.82) is 0 Å². The van der Waals surface area contributed by atoms with Gasteiger partial charge in [-0.3, -0.25) is 9.59 Å².